The standard InChI is InChI=1S/C13H20N4/c1-9(2)13-15-11-5-4-10(8-12(11)16-13)17(3)7-6-14/h4-5,8-9H,6-7,14H2,1-3H3,(H,15,16). The second kappa shape index (κ2) is 4.75. The van der Waals surface area contributed by atoms with E-state index >= 15 is 0 Å². The molecule has 1 aromatic carbocycles. The van der Waals surface area contributed by atoms with Crippen molar-refractivity contribution in [1.29, 1.82) is 0 Å². The first kappa shape index (κ1) is 11.9. The summed E-state index contributed by atoms with van der Waals surface area (Å²) in [5.41, 5.74) is 8.85. The van der Waals surface area contributed by atoms with Crippen LogP contribution in [-0.4, -0.2) is 30.1 Å². The van der Waals surface area contributed by atoms with Crippen molar-refractivity contribution < 1.29 is 0 Å². The fourth-order valence-electron chi connectivity index (χ4n) is 1.85. The average molecular weight is 232 g/mol. The predicted octanol–water partition coefficient (Wildman–Crippen LogP) is 2.08. The topological polar surface area (TPSA) is 57.9 Å². The number of benzene rings is 1. The number of aromatic amines is 1. The molecule has 2 rings (SSSR count). The first-order valence-corrected chi connectivity index (χ1v) is 6.02. The number of hydrogen-bond donors (Lipinski definition) is 2. The van der Waals surface area contributed by atoms with Gasteiger partial charge in [0.25, 0.3) is 0 Å². The summed E-state index contributed by atoms with van der Waals surface area (Å²) in [6.45, 7) is 5.80. The maximum absolute atomic E-state index is 5.56. The molecule has 4 nitrogen and oxygen atoms in total. The number of nitrogens with two attached hydrogens (primary N) is 1. The summed E-state index contributed by atoms with van der Waals surface area (Å²) in [5, 5.41) is 0. The van der Waals surface area contributed by atoms with Crippen molar-refractivity contribution >= 4 is 16.7 Å². The van der Waals surface area contributed by atoms with Gasteiger partial charge in [0.05, 0.1) is 11.0 Å². The molecule has 92 valence electrons. The van der Waals surface area contributed by atoms with Gasteiger partial charge in [-0.1, -0.05) is 13.8 Å². The Bertz CT molecular complexity index is 501. The summed E-state index contributed by atoms with van der Waals surface area (Å²) in [7, 11) is 2.05. The van der Waals surface area contributed by atoms with Crippen LogP contribution in [0.2, 0.25) is 0 Å². The van der Waals surface area contributed by atoms with E-state index in [1.807, 2.05) is 7.05 Å². The first-order chi connectivity index (χ1) is 8.11. The number of likely N-dealkylation sites (N-methyl/N-ethyl adjacent to an activating group) is 1. The third-order valence-electron chi connectivity index (χ3n) is 2.94. The van der Waals surface area contributed by atoms with E-state index < -0.39 is 0 Å². The van der Waals surface area contributed by atoms with Crippen molar-refractivity contribution in [2.45, 2.75) is 19.8 Å². The largest absolute Gasteiger partial charge is 0.373 e. The summed E-state index contributed by atoms with van der Waals surface area (Å²) in [5.74, 6) is 1.46. The number of rotatable bonds is 4. The lowest BCUT2D eigenvalue weighted by atomic mass is 10.2. The van der Waals surface area contributed by atoms with E-state index in [0.29, 0.717) is 12.5 Å². The van der Waals surface area contributed by atoms with Gasteiger partial charge in [-0.2, -0.15) is 0 Å². The minimum absolute atomic E-state index is 0.424. The van der Waals surface area contributed by atoms with Crippen LogP contribution in [0.25, 0.3) is 11.0 Å². The second-order valence-corrected chi connectivity index (χ2v) is 4.69. The highest BCUT2D eigenvalue weighted by Crippen LogP contribution is 2.22. The van der Waals surface area contributed by atoms with E-state index in [9.17, 15) is 0 Å². The number of anilines is 1. The first-order valence-electron chi connectivity index (χ1n) is 6.02. The van der Waals surface area contributed by atoms with Gasteiger partial charge < -0.3 is 15.6 Å². The lowest BCUT2D eigenvalue weighted by Crippen LogP contribution is -2.24. The van der Waals surface area contributed by atoms with Crippen molar-refractivity contribution in [3.05, 3.63) is 24.0 Å². The molecule has 0 bridgehead atoms. The van der Waals surface area contributed by atoms with Gasteiger partial charge in [0, 0.05) is 31.7 Å². The van der Waals surface area contributed by atoms with E-state index in [4.69, 9.17) is 5.73 Å². The van der Waals surface area contributed by atoms with Crippen LogP contribution in [0.5, 0.6) is 0 Å². The molecule has 1 aromatic heterocycles. The fraction of sp³-hybridized carbons (Fsp3) is 0.462. The van der Waals surface area contributed by atoms with Gasteiger partial charge in [-0.25, -0.2) is 4.98 Å². The maximum Gasteiger partial charge on any atom is 0.109 e. The molecule has 0 aliphatic heterocycles. The van der Waals surface area contributed by atoms with E-state index in [1.54, 1.807) is 0 Å². The summed E-state index contributed by atoms with van der Waals surface area (Å²) in [6, 6.07) is 6.27. The summed E-state index contributed by atoms with van der Waals surface area (Å²) in [6.07, 6.45) is 0. The van der Waals surface area contributed by atoms with E-state index in [2.05, 4.69) is 46.9 Å². The molecule has 0 aliphatic rings. The van der Waals surface area contributed by atoms with Crippen LogP contribution < -0.4 is 10.6 Å². The van der Waals surface area contributed by atoms with Crippen molar-refractivity contribution in [1.82, 2.24) is 9.97 Å². The van der Waals surface area contributed by atoms with Crippen LogP contribution in [0.4, 0.5) is 5.69 Å². The van der Waals surface area contributed by atoms with Crippen LogP contribution in [0.15, 0.2) is 18.2 Å². The Morgan fingerprint density at radius 2 is 2.18 bits per heavy atom. The fourth-order valence-corrected chi connectivity index (χ4v) is 1.85. The molecule has 0 fully saturated rings. The Labute approximate surface area is 102 Å². The zero-order chi connectivity index (χ0) is 12.4. The molecular weight excluding hydrogens is 212 g/mol. The Balaban J connectivity index is 2.36. The van der Waals surface area contributed by atoms with E-state index in [1.165, 1.54) is 5.69 Å². The second-order valence-electron chi connectivity index (χ2n) is 4.69. The van der Waals surface area contributed by atoms with Gasteiger partial charge in [-0.05, 0) is 18.2 Å². The highest BCUT2D eigenvalue weighted by atomic mass is 15.1. The van der Waals surface area contributed by atoms with Gasteiger partial charge in [-0.15, -0.1) is 0 Å². The van der Waals surface area contributed by atoms with Crippen LogP contribution in [-0.2, 0) is 0 Å². The smallest absolute Gasteiger partial charge is 0.109 e. The lowest BCUT2D eigenvalue weighted by Gasteiger charge is -2.17. The monoisotopic (exact) mass is 232 g/mol. The van der Waals surface area contributed by atoms with Gasteiger partial charge in [0.15, 0.2) is 0 Å². The molecular formula is C13H20N4. The predicted molar refractivity (Wildman–Crippen MR) is 72.5 cm³/mol. The zero-order valence-corrected chi connectivity index (χ0v) is 10.7. The molecule has 17 heavy (non-hydrogen) atoms. The third-order valence-corrected chi connectivity index (χ3v) is 2.94. The number of hydrogen-bond acceptors (Lipinski definition) is 3. The number of fused-ring (bicyclic) bond motifs is 1. The number of H-pyrrole nitrogens is 1. The summed E-state index contributed by atoms with van der Waals surface area (Å²) in [4.78, 5) is 10.1. The molecule has 0 saturated heterocycles. The third kappa shape index (κ3) is 2.42. The van der Waals surface area contributed by atoms with Crippen molar-refractivity contribution in [2.75, 3.05) is 25.0 Å². The van der Waals surface area contributed by atoms with Gasteiger partial charge in [-0.3, -0.25) is 0 Å². The highest BCUT2D eigenvalue weighted by Gasteiger charge is 2.08. The molecule has 0 amide bonds. The summed E-state index contributed by atoms with van der Waals surface area (Å²) < 4.78 is 0. The molecule has 3 N–H and O–H groups in total. The van der Waals surface area contributed by atoms with Crippen molar-refractivity contribution in [2.24, 2.45) is 5.73 Å². The quantitative estimate of drug-likeness (QED) is 0.848. The van der Waals surface area contributed by atoms with Gasteiger partial charge in [0.1, 0.15) is 5.82 Å². The van der Waals surface area contributed by atoms with Crippen molar-refractivity contribution in [3.63, 3.8) is 0 Å². The van der Waals surface area contributed by atoms with Gasteiger partial charge in [0.2, 0.25) is 0 Å². The SMILES string of the molecule is CC(C)c1nc2ccc(N(C)CCN)cc2[nH]1. The van der Waals surface area contributed by atoms with E-state index in [0.717, 1.165) is 23.4 Å². The Morgan fingerprint density at radius 3 is 2.82 bits per heavy atom. The average Bonchev–Trinajstić information content (AvgIpc) is 2.71. The Kier molecular flexibility index (Phi) is 3.33. The maximum atomic E-state index is 5.56. The molecule has 0 saturated carbocycles. The zero-order valence-electron chi connectivity index (χ0n) is 10.7. The molecule has 0 spiro atoms. The van der Waals surface area contributed by atoms with Crippen LogP contribution in [0.1, 0.15) is 25.6 Å². The number of nitrogens with one attached hydrogen (secondary N) is 1. The van der Waals surface area contributed by atoms with E-state index in [-0.39, 0.29) is 0 Å². The lowest BCUT2D eigenvalue weighted by molar-refractivity contribution is 0.799. The highest BCUT2D eigenvalue weighted by molar-refractivity contribution is 5.79. The Hall–Kier alpha value is -1.55. The van der Waals surface area contributed by atoms with Crippen LogP contribution >= 0.6 is 0 Å². The molecule has 0 unspecified atom stereocenters. The summed E-state index contributed by atoms with van der Waals surface area (Å²) >= 11 is 0. The molecule has 2 aromatic rings. The normalized spacial score (nSPS) is 11.4. The molecule has 4 heteroatoms. The van der Waals surface area contributed by atoms with Crippen molar-refractivity contribution in [3.8, 4) is 0 Å². The molecule has 0 radical (unpaired) electrons. The molecule has 1 heterocycles. The minimum Gasteiger partial charge on any atom is -0.373 e. The van der Waals surface area contributed by atoms with Gasteiger partial charge >= 0.3 is 0 Å². The van der Waals surface area contributed by atoms with Crippen LogP contribution in [0, 0.1) is 0 Å². The molecule has 0 atom stereocenters. The number of nitrogens with zero attached hydrogens (tertiary/aromatic N) is 2. The molecule has 0 aliphatic carbocycles. The van der Waals surface area contributed by atoms with Crippen LogP contribution in [0.3, 0.4) is 0 Å². The Morgan fingerprint density at radius 1 is 1.41 bits per heavy atom. The number of imidazole rings is 1. The number of aromatic nitrogens is 2. The minimum atomic E-state index is 0.424.